The Labute approximate surface area is 275 Å². The number of rotatable bonds is 7. The van der Waals surface area contributed by atoms with E-state index >= 15 is 0 Å². The van der Waals surface area contributed by atoms with Crippen LogP contribution in [0.2, 0.25) is 0 Å². The smallest absolute Gasteiger partial charge is 0.251 e. The molecule has 3 N–H and O–H groups in total. The van der Waals surface area contributed by atoms with Crippen molar-refractivity contribution in [3.05, 3.63) is 68.8 Å². The van der Waals surface area contributed by atoms with E-state index in [2.05, 4.69) is 21.2 Å². The summed E-state index contributed by atoms with van der Waals surface area (Å²) in [6.07, 6.45) is 0.946. The summed E-state index contributed by atoms with van der Waals surface area (Å²) in [5.41, 5.74) is 6.12. The number of nitrogens with zero attached hydrogens (tertiary/aromatic N) is 3. The topological polar surface area (TPSA) is 137 Å². The normalized spacial score (nSPS) is 23.1. The fourth-order valence-corrected chi connectivity index (χ4v) is 8.40. The van der Waals surface area contributed by atoms with E-state index in [4.69, 9.17) is 18.9 Å². The maximum Gasteiger partial charge on any atom is 0.251 e. The van der Waals surface area contributed by atoms with Gasteiger partial charge in [-0.15, -0.1) is 0 Å². The van der Waals surface area contributed by atoms with Gasteiger partial charge in [-0.2, -0.15) is 5.26 Å². The van der Waals surface area contributed by atoms with Gasteiger partial charge in [0, 0.05) is 46.4 Å². The van der Waals surface area contributed by atoms with Crippen molar-refractivity contribution in [2.24, 2.45) is 0 Å². The van der Waals surface area contributed by atoms with Gasteiger partial charge >= 0.3 is 0 Å². The van der Waals surface area contributed by atoms with Crippen LogP contribution >= 0.6 is 0 Å². The summed E-state index contributed by atoms with van der Waals surface area (Å²) in [6.45, 7) is 5.90. The lowest BCUT2D eigenvalue weighted by Crippen LogP contribution is -2.68. The van der Waals surface area contributed by atoms with Crippen LogP contribution in [0.3, 0.4) is 0 Å². The van der Waals surface area contributed by atoms with Crippen molar-refractivity contribution in [1.82, 2.24) is 15.1 Å². The van der Waals surface area contributed by atoms with Crippen LogP contribution in [0.1, 0.15) is 61.4 Å². The molecule has 2 bridgehead atoms. The maximum atomic E-state index is 13.5. The number of methoxy groups -OCH3 is 4. The molecule has 47 heavy (non-hydrogen) atoms. The van der Waals surface area contributed by atoms with Gasteiger partial charge in [0.2, 0.25) is 0 Å². The second-order valence-electron chi connectivity index (χ2n) is 12.6. The Hall–Kier alpha value is -4.66. The summed E-state index contributed by atoms with van der Waals surface area (Å²) in [6, 6.07) is 7.34. The molecule has 3 aliphatic heterocycles. The Kier molecular flexibility index (Phi) is 8.36. The van der Waals surface area contributed by atoms with Gasteiger partial charge in [0.15, 0.2) is 23.0 Å². The third kappa shape index (κ3) is 4.73. The second kappa shape index (κ2) is 12.2. The highest BCUT2D eigenvalue weighted by atomic mass is 16.5. The van der Waals surface area contributed by atoms with Crippen LogP contribution < -0.4 is 24.3 Å². The van der Waals surface area contributed by atoms with E-state index in [1.165, 1.54) is 7.11 Å². The number of fused-ring (bicyclic) bond motifs is 7. The van der Waals surface area contributed by atoms with Crippen LogP contribution in [0.15, 0.2) is 24.3 Å². The highest BCUT2D eigenvalue weighted by molar-refractivity contribution is 5.94. The lowest BCUT2D eigenvalue weighted by atomic mass is 9.70. The highest BCUT2D eigenvalue weighted by Crippen LogP contribution is 2.57. The van der Waals surface area contributed by atoms with E-state index < -0.39 is 12.1 Å². The number of nitriles is 1. The SMILES string of the molecule is COc1cccc(C(=O)NC[C@H]2c3c(O)c(OC)c(C)c(OC)c3C[C@H]3[C@H]4c5c(O)c(OC)c(C)c(C)c5C[C@@H]([C@H](C#N)N23)N4C)c1. The molecule has 0 aliphatic carbocycles. The molecule has 0 saturated carbocycles. The molecule has 6 rings (SSSR count). The van der Waals surface area contributed by atoms with Crippen LogP contribution in [0.25, 0.3) is 0 Å². The summed E-state index contributed by atoms with van der Waals surface area (Å²) in [7, 11) is 8.19. The van der Waals surface area contributed by atoms with E-state index in [9.17, 15) is 20.3 Å². The second-order valence-corrected chi connectivity index (χ2v) is 12.6. The van der Waals surface area contributed by atoms with Crippen LogP contribution in [-0.2, 0) is 12.8 Å². The monoisotopic (exact) mass is 642 g/mol. The third-order valence-electron chi connectivity index (χ3n) is 10.6. The van der Waals surface area contributed by atoms with Gasteiger partial charge in [-0.25, -0.2) is 0 Å². The van der Waals surface area contributed by atoms with Crippen molar-refractivity contribution in [3.8, 4) is 40.6 Å². The van der Waals surface area contributed by atoms with Gasteiger partial charge in [-0.1, -0.05) is 6.07 Å². The summed E-state index contributed by atoms with van der Waals surface area (Å²) >= 11 is 0. The summed E-state index contributed by atoms with van der Waals surface area (Å²) in [5.74, 6) is 1.59. The number of phenolic OH excluding ortho intramolecular Hbond substituents is 2. The zero-order valence-electron chi connectivity index (χ0n) is 28.1. The van der Waals surface area contributed by atoms with Crippen molar-refractivity contribution in [1.29, 1.82) is 5.26 Å². The van der Waals surface area contributed by atoms with E-state index in [0.717, 1.165) is 27.8 Å². The van der Waals surface area contributed by atoms with E-state index in [1.54, 1.807) is 45.6 Å². The number of amides is 1. The summed E-state index contributed by atoms with van der Waals surface area (Å²) in [4.78, 5) is 17.9. The minimum Gasteiger partial charge on any atom is -0.504 e. The number of aromatic hydroxyl groups is 2. The molecule has 0 unspecified atom stereocenters. The molecule has 11 heteroatoms. The summed E-state index contributed by atoms with van der Waals surface area (Å²) < 4.78 is 22.7. The Morgan fingerprint density at radius 1 is 0.894 bits per heavy atom. The molecule has 3 aromatic rings. The van der Waals surface area contributed by atoms with E-state index in [-0.39, 0.29) is 47.8 Å². The molecule has 3 heterocycles. The largest absolute Gasteiger partial charge is 0.504 e. The number of nitrogens with one attached hydrogen (secondary N) is 1. The maximum absolute atomic E-state index is 13.5. The average molecular weight is 643 g/mol. The number of hydrogen-bond donors (Lipinski definition) is 3. The number of carbonyl (C=O) groups is 1. The first kappa shape index (κ1) is 32.3. The molecular formula is C36H42N4O7. The van der Waals surface area contributed by atoms with Crippen molar-refractivity contribution in [3.63, 3.8) is 0 Å². The Morgan fingerprint density at radius 2 is 1.53 bits per heavy atom. The standard InChI is InChI=1S/C36H42N4O7/c1-17-18(2)34(46-7)32(42)29-22(17)13-24-26(15-37)40-25(30(29)39(24)4)14-23-28(31(41)35(47-8)19(3)33(23)45-6)27(40)16-38-36(43)20-10-9-11-21(12-20)44-5/h9-12,24-27,30,41-42H,13-14,16H2,1-8H3,(H,38,43)/t24-,25-,26-,27-,30-/m0/s1. The predicted molar refractivity (Wildman–Crippen MR) is 175 cm³/mol. The lowest BCUT2D eigenvalue weighted by Gasteiger charge is -2.60. The van der Waals surface area contributed by atoms with E-state index in [0.29, 0.717) is 46.8 Å². The van der Waals surface area contributed by atoms with E-state index in [1.807, 2.05) is 27.8 Å². The lowest BCUT2D eigenvalue weighted by molar-refractivity contribution is -0.0722. The third-order valence-corrected chi connectivity index (χ3v) is 10.6. The molecule has 1 amide bonds. The Morgan fingerprint density at radius 3 is 2.17 bits per heavy atom. The van der Waals surface area contributed by atoms with Crippen molar-refractivity contribution in [2.75, 3.05) is 42.0 Å². The molecule has 5 atom stereocenters. The Balaban J connectivity index is 1.56. The molecule has 3 aromatic carbocycles. The van der Waals surface area contributed by atoms with Crippen molar-refractivity contribution in [2.45, 2.75) is 63.8 Å². The van der Waals surface area contributed by atoms with Gasteiger partial charge in [0.05, 0.1) is 46.6 Å². The molecule has 0 aromatic heterocycles. The molecule has 0 spiro atoms. The average Bonchev–Trinajstić information content (AvgIpc) is 3.06. The molecule has 248 valence electrons. The van der Waals surface area contributed by atoms with Crippen LogP contribution in [0.4, 0.5) is 0 Å². The fourth-order valence-electron chi connectivity index (χ4n) is 8.40. The zero-order chi connectivity index (χ0) is 33.9. The number of carbonyl (C=O) groups excluding carboxylic acids is 1. The van der Waals surface area contributed by atoms with Crippen molar-refractivity contribution < 1.29 is 34.0 Å². The molecule has 1 saturated heterocycles. The van der Waals surface area contributed by atoms with Crippen LogP contribution in [-0.4, -0.2) is 86.1 Å². The first-order valence-electron chi connectivity index (χ1n) is 15.7. The number of piperazine rings is 1. The number of ether oxygens (including phenoxy) is 4. The first-order valence-corrected chi connectivity index (χ1v) is 15.7. The zero-order valence-corrected chi connectivity index (χ0v) is 28.1. The van der Waals surface area contributed by atoms with Crippen molar-refractivity contribution >= 4 is 5.91 Å². The van der Waals surface area contributed by atoms with Gasteiger partial charge < -0.3 is 34.5 Å². The fraction of sp³-hybridized carbons (Fsp3) is 0.444. The molecular weight excluding hydrogens is 600 g/mol. The molecule has 11 nitrogen and oxygen atoms in total. The van der Waals surface area contributed by atoms with Crippen LogP contribution in [0, 0.1) is 32.1 Å². The minimum atomic E-state index is -0.637. The Bertz CT molecular complexity index is 1800. The number of phenols is 2. The quantitative estimate of drug-likeness (QED) is 0.343. The summed E-state index contributed by atoms with van der Waals surface area (Å²) in [5, 5.41) is 37.5. The first-order chi connectivity index (χ1) is 22.5. The van der Waals surface area contributed by atoms with Gasteiger partial charge in [-0.3, -0.25) is 14.6 Å². The van der Waals surface area contributed by atoms with Gasteiger partial charge in [-0.05, 0) is 75.5 Å². The highest BCUT2D eigenvalue weighted by Gasteiger charge is 2.56. The van der Waals surface area contributed by atoms with Crippen LogP contribution in [0.5, 0.6) is 34.5 Å². The number of likely N-dealkylation sites (N-methyl/N-ethyl adjacent to an activating group) is 1. The number of hydrogen-bond acceptors (Lipinski definition) is 10. The molecule has 0 radical (unpaired) electrons. The predicted octanol–water partition coefficient (Wildman–Crippen LogP) is 4.26. The molecule has 3 aliphatic rings. The van der Waals surface area contributed by atoms with Gasteiger partial charge in [0.1, 0.15) is 17.5 Å². The van der Waals surface area contributed by atoms with Gasteiger partial charge in [0.25, 0.3) is 5.91 Å². The molecule has 1 fully saturated rings. The minimum absolute atomic E-state index is 0.0444. The number of benzene rings is 3.